The molecule has 1 aliphatic carbocycles. The minimum atomic E-state index is 0.104. The monoisotopic (exact) mass is 481 g/mol. The second kappa shape index (κ2) is 8.74. The summed E-state index contributed by atoms with van der Waals surface area (Å²) in [4.78, 5) is 28.5. The Hall–Kier alpha value is -2.84. The van der Waals surface area contributed by atoms with E-state index in [4.69, 9.17) is 26.1 Å². The third kappa shape index (κ3) is 4.09. The van der Waals surface area contributed by atoms with Crippen LogP contribution in [0.25, 0.3) is 22.4 Å². The molecule has 3 aliphatic rings. The van der Waals surface area contributed by atoms with Crippen molar-refractivity contribution in [3.63, 3.8) is 0 Å². The van der Waals surface area contributed by atoms with Crippen LogP contribution in [-0.2, 0) is 9.53 Å². The Morgan fingerprint density at radius 2 is 1.82 bits per heavy atom. The molecule has 4 heterocycles. The van der Waals surface area contributed by atoms with Gasteiger partial charge in [0, 0.05) is 44.4 Å². The third-order valence-electron chi connectivity index (χ3n) is 7.35. The van der Waals surface area contributed by atoms with Gasteiger partial charge >= 0.3 is 0 Å². The zero-order valence-corrected chi connectivity index (χ0v) is 19.9. The Balaban J connectivity index is 1.17. The Bertz CT molecular complexity index is 1190. The average Bonchev–Trinajstić information content (AvgIpc) is 3.52. The van der Waals surface area contributed by atoms with Crippen LogP contribution in [0.3, 0.4) is 0 Å². The zero-order chi connectivity index (χ0) is 23.2. The Morgan fingerprint density at radius 3 is 2.50 bits per heavy atom. The third-order valence-corrected chi connectivity index (χ3v) is 7.64. The topological polar surface area (TPSA) is 83.6 Å². The number of aromatic amines is 1. The molecule has 2 aromatic heterocycles. The Labute approximate surface area is 203 Å². The van der Waals surface area contributed by atoms with Gasteiger partial charge in [0.25, 0.3) is 6.01 Å². The van der Waals surface area contributed by atoms with Crippen molar-refractivity contribution in [2.24, 2.45) is 11.8 Å². The number of anilines is 1. The number of carbonyl (C=O) groups excluding carboxylic acids is 1. The van der Waals surface area contributed by atoms with Gasteiger partial charge in [0.2, 0.25) is 5.91 Å². The number of halogens is 1. The van der Waals surface area contributed by atoms with Gasteiger partial charge in [-0.2, -0.15) is 4.98 Å². The van der Waals surface area contributed by atoms with E-state index in [-0.39, 0.29) is 12.0 Å². The number of aromatic nitrogens is 3. The minimum Gasteiger partial charge on any atom is -0.461 e. The molecule has 8 nitrogen and oxygen atoms in total. The van der Waals surface area contributed by atoms with E-state index < -0.39 is 0 Å². The van der Waals surface area contributed by atoms with Gasteiger partial charge in [-0.25, -0.2) is 4.98 Å². The molecule has 0 unspecified atom stereocenters. The molecule has 0 radical (unpaired) electrons. The molecule has 9 heteroatoms. The molecule has 178 valence electrons. The van der Waals surface area contributed by atoms with Crippen LogP contribution in [0.1, 0.15) is 19.8 Å². The van der Waals surface area contributed by atoms with E-state index >= 15 is 0 Å². The first-order valence-corrected chi connectivity index (χ1v) is 12.3. The number of nitrogens with zero attached hydrogens (tertiary/aromatic N) is 4. The summed E-state index contributed by atoms with van der Waals surface area (Å²) in [7, 11) is 0. The van der Waals surface area contributed by atoms with E-state index in [0.29, 0.717) is 34.2 Å². The molecular formula is C25H28ClN5O3. The summed E-state index contributed by atoms with van der Waals surface area (Å²) in [6.45, 7) is 6.64. The smallest absolute Gasteiger partial charge is 0.296 e. The van der Waals surface area contributed by atoms with Gasteiger partial charge in [0.05, 0.1) is 29.4 Å². The molecule has 3 fully saturated rings. The maximum absolute atomic E-state index is 11.7. The molecule has 34 heavy (non-hydrogen) atoms. The summed E-state index contributed by atoms with van der Waals surface area (Å²) in [6, 6.07) is 10.7. The number of H-pyrrole nitrogens is 1. The van der Waals surface area contributed by atoms with E-state index in [1.54, 1.807) is 6.92 Å². The second-order valence-electron chi connectivity index (χ2n) is 9.53. The number of nitrogens with one attached hydrogen (secondary N) is 1. The fraction of sp³-hybridized carbons (Fsp3) is 0.480. The van der Waals surface area contributed by atoms with Crippen LogP contribution >= 0.6 is 11.6 Å². The van der Waals surface area contributed by atoms with Crippen LogP contribution in [0.5, 0.6) is 6.01 Å². The molecule has 0 bridgehead atoms. The highest BCUT2D eigenvalue weighted by Crippen LogP contribution is 2.40. The standard InChI is InChI=1S/C25H28ClN5O3/c1-15(32)31-13-17-10-20(11-18(17)14-31)34-25-27-22-12-21(26)23(28-24(22)29-25)16-2-4-19(5-3-16)30-6-8-33-9-7-30/h2-5,12,17-18,20H,6-11,13-14H2,1H3,(H,27,28,29)/t17-,18+,20-. The lowest BCUT2D eigenvalue weighted by molar-refractivity contribution is -0.128. The fourth-order valence-electron chi connectivity index (χ4n) is 5.56. The number of morpholine rings is 1. The van der Waals surface area contributed by atoms with Gasteiger partial charge in [-0.05, 0) is 42.9 Å². The van der Waals surface area contributed by atoms with Crippen molar-refractivity contribution < 1.29 is 14.3 Å². The summed E-state index contributed by atoms with van der Waals surface area (Å²) in [6.07, 6.45) is 1.99. The largest absolute Gasteiger partial charge is 0.461 e. The second-order valence-corrected chi connectivity index (χ2v) is 9.94. The van der Waals surface area contributed by atoms with Crippen LogP contribution in [0.2, 0.25) is 5.02 Å². The molecule has 2 saturated heterocycles. The number of ether oxygens (including phenoxy) is 2. The first kappa shape index (κ1) is 21.7. The van der Waals surface area contributed by atoms with Crippen molar-refractivity contribution in [2.75, 3.05) is 44.3 Å². The van der Waals surface area contributed by atoms with Crippen molar-refractivity contribution in [1.82, 2.24) is 19.9 Å². The van der Waals surface area contributed by atoms with Crippen LogP contribution in [0.15, 0.2) is 30.3 Å². The SMILES string of the molecule is CC(=O)N1C[C@H]2C[C@@H](Oc3nc4nc(-c5ccc(N6CCOCC6)cc5)c(Cl)cc4[nH]3)C[C@H]2C1. The number of amides is 1. The highest BCUT2D eigenvalue weighted by atomic mass is 35.5. The van der Waals surface area contributed by atoms with Crippen LogP contribution in [0, 0.1) is 11.8 Å². The van der Waals surface area contributed by atoms with E-state index in [2.05, 4.69) is 39.1 Å². The Morgan fingerprint density at radius 1 is 1.12 bits per heavy atom. The van der Waals surface area contributed by atoms with E-state index in [1.165, 1.54) is 5.69 Å². The molecule has 2 aliphatic heterocycles. The van der Waals surface area contributed by atoms with Crippen LogP contribution in [0.4, 0.5) is 5.69 Å². The van der Waals surface area contributed by atoms with Gasteiger partial charge in [-0.1, -0.05) is 23.7 Å². The van der Waals surface area contributed by atoms with Gasteiger partial charge in [-0.3, -0.25) is 4.79 Å². The molecule has 6 rings (SSSR count). The first-order valence-electron chi connectivity index (χ1n) is 11.9. The number of fused-ring (bicyclic) bond motifs is 2. The number of hydrogen-bond donors (Lipinski definition) is 1. The minimum absolute atomic E-state index is 0.104. The molecule has 1 amide bonds. The molecule has 0 spiro atoms. The van der Waals surface area contributed by atoms with E-state index in [0.717, 1.165) is 63.3 Å². The number of hydrogen-bond acceptors (Lipinski definition) is 6. The lowest BCUT2D eigenvalue weighted by Crippen LogP contribution is -2.36. The van der Waals surface area contributed by atoms with Crippen molar-refractivity contribution in [3.05, 3.63) is 35.4 Å². The highest BCUT2D eigenvalue weighted by molar-refractivity contribution is 6.33. The summed E-state index contributed by atoms with van der Waals surface area (Å²) in [5.41, 5.74) is 4.18. The van der Waals surface area contributed by atoms with Crippen molar-refractivity contribution in [3.8, 4) is 17.3 Å². The zero-order valence-electron chi connectivity index (χ0n) is 19.2. The number of carbonyl (C=O) groups is 1. The number of benzene rings is 1. The number of rotatable bonds is 4. The summed E-state index contributed by atoms with van der Waals surface area (Å²) >= 11 is 6.60. The normalized spacial score (nSPS) is 24.6. The van der Waals surface area contributed by atoms with Crippen molar-refractivity contribution in [2.45, 2.75) is 25.9 Å². The molecule has 1 N–H and O–H groups in total. The van der Waals surface area contributed by atoms with Gasteiger partial charge < -0.3 is 24.3 Å². The van der Waals surface area contributed by atoms with Gasteiger partial charge in [0.1, 0.15) is 6.10 Å². The predicted molar refractivity (Wildman–Crippen MR) is 130 cm³/mol. The molecule has 1 saturated carbocycles. The molecular weight excluding hydrogens is 454 g/mol. The first-order chi connectivity index (χ1) is 16.5. The highest BCUT2D eigenvalue weighted by Gasteiger charge is 2.42. The summed E-state index contributed by atoms with van der Waals surface area (Å²) in [5.74, 6) is 1.19. The number of imidazole rings is 1. The molecule has 3 aromatic rings. The number of likely N-dealkylation sites (tertiary alicyclic amines) is 1. The van der Waals surface area contributed by atoms with Gasteiger partial charge in [0.15, 0.2) is 5.65 Å². The van der Waals surface area contributed by atoms with Crippen LogP contribution < -0.4 is 9.64 Å². The maximum atomic E-state index is 11.7. The van der Waals surface area contributed by atoms with E-state index in [1.807, 2.05) is 11.0 Å². The predicted octanol–water partition coefficient (Wildman–Crippen LogP) is 3.75. The average molecular weight is 482 g/mol. The van der Waals surface area contributed by atoms with Crippen LogP contribution in [-0.4, -0.2) is 71.3 Å². The summed E-state index contributed by atoms with van der Waals surface area (Å²) in [5, 5.41) is 0.571. The molecule has 1 aromatic carbocycles. The molecule has 3 atom stereocenters. The lowest BCUT2D eigenvalue weighted by Gasteiger charge is -2.28. The van der Waals surface area contributed by atoms with Crippen molar-refractivity contribution in [1.29, 1.82) is 0 Å². The maximum Gasteiger partial charge on any atom is 0.296 e. The summed E-state index contributed by atoms with van der Waals surface area (Å²) < 4.78 is 11.6. The quantitative estimate of drug-likeness (QED) is 0.611. The lowest BCUT2D eigenvalue weighted by atomic mass is 10.0. The number of pyridine rings is 1. The Kier molecular flexibility index (Phi) is 5.57. The van der Waals surface area contributed by atoms with E-state index in [9.17, 15) is 4.79 Å². The fourth-order valence-corrected chi connectivity index (χ4v) is 5.82. The van der Waals surface area contributed by atoms with Gasteiger partial charge in [-0.15, -0.1) is 0 Å². The van der Waals surface area contributed by atoms with Crippen molar-refractivity contribution >= 4 is 34.4 Å².